The molecule has 0 amide bonds. The van der Waals surface area contributed by atoms with Crippen LogP contribution in [0.15, 0.2) is 0 Å². The molecule has 0 saturated carbocycles. The Hall–Kier alpha value is -1.52. The van der Waals surface area contributed by atoms with Crippen molar-refractivity contribution in [1.29, 1.82) is 0 Å². The van der Waals surface area contributed by atoms with Crippen molar-refractivity contribution in [2.75, 3.05) is 33.5 Å². The van der Waals surface area contributed by atoms with Gasteiger partial charge in [0.05, 0.1) is 26.4 Å². The number of halogens is 20. The maximum absolute atomic E-state index is 13.7. The predicted octanol–water partition coefficient (Wildman–Crippen LogP) is 8.21. The molecule has 0 atom stereocenters. The Kier molecular flexibility index (Phi) is 12.3. The Morgan fingerprint density at radius 2 is 0.674 bits per heavy atom. The quantitative estimate of drug-likeness (QED) is 0.101. The van der Waals surface area contributed by atoms with Gasteiger partial charge in [0.25, 0.3) is 0 Å². The van der Waals surface area contributed by atoms with E-state index in [4.69, 9.17) is 0 Å². The van der Waals surface area contributed by atoms with Crippen LogP contribution in [-0.4, -0.2) is 98.9 Å². The van der Waals surface area contributed by atoms with E-state index in [0.29, 0.717) is 0 Å². The van der Waals surface area contributed by atoms with Gasteiger partial charge in [-0.2, -0.15) is 87.8 Å². The van der Waals surface area contributed by atoms with E-state index in [2.05, 4.69) is 14.2 Å². The van der Waals surface area contributed by atoms with Gasteiger partial charge in [-0.15, -0.1) is 0 Å². The van der Waals surface area contributed by atoms with E-state index in [1.807, 2.05) is 0 Å². The van der Waals surface area contributed by atoms with Crippen LogP contribution in [0.4, 0.5) is 87.8 Å². The van der Waals surface area contributed by atoms with Gasteiger partial charge in [-0.05, 0) is 0 Å². The van der Waals surface area contributed by atoms with Crippen molar-refractivity contribution in [3.63, 3.8) is 0 Å². The van der Waals surface area contributed by atoms with E-state index in [1.165, 1.54) is 0 Å². The Bertz CT molecular complexity index is 823. The molecule has 0 aliphatic rings. The average Bonchev–Trinajstić information content (AvgIpc) is 2.80. The summed E-state index contributed by atoms with van der Waals surface area (Å²) in [6, 6.07) is 0. The molecule has 0 radical (unpaired) electrons. The molecule has 0 aliphatic carbocycles. The highest BCUT2D eigenvalue weighted by molar-refractivity contribution is 5.08. The van der Waals surface area contributed by atoms with Gasteiger partial charge < -0.3 is 14.2 Å². The van der Waals surface area contributed by atoms with Crippen LogP contribution in [0.1, 0.15) is 26.7 Å². The summed E-state index contributed by atoms with van der Waals surface area (Å²) in [5, 5.41) is 0. The van der Waals surface area contributed by atoms with Gasteiger partial charge in [-0.25, -0.2) is 0 Å². The van der Waals surface area contributed by atoms with Crippen molar-refractivity contribution in [2.45, 2.75) is 92.0 Å². The van der Waals surface area contributed by atoms with Gasteiger partial charge in [-0.3, -0.25) is 0 Å². The second kappa shape index (κ2) is 12.7. The van der Waals surface area contributed by atoms with Gasteiger partial charge in [0.1, 0.15) is 6.10 Å². The maximum Gasteiger partial charge on any atom is 0.384 e. The molecule has 0 aromatic carbocycles. The highest BCUT2D eigenvalue weighted by Crippen LogP contribution is 2.58. The molecule has 0 aliphatic heterocycles. The Morgan fingerprint density at radius 1 is 0.419 bits per heavy atom. The molecule has 0 saturated heterocycles. The lowest BCUT2D eigenvalue weighted by Crippen LogP contribution is -2.66. The summed E-state index contributed by atoms with van der Waals surface area (Å²) in [6.45, 7) is -7.50. The van der Waals surface area contributed by atoms with Crippen molar-refractivity contribution in [1.82, 2.24) is 0 Å². The standard InChI is InChI=1S/C20H22F20O3/c1-11(21,22)15(29,30)19(37,38)17(33,34)13(25,26)4-6-42-8-10(41-3)9-43-7-5-14(27,28)18(35,36)20(39,40)16(31,32)12(2,23)24/h10H,4-9H2,1-3H3. The molecule has 43 heavy (non-hydrogen) atoms. The summed E-state index contributed by atoms with van der Waals surface area (Å²) in [5.74, 6) is -66.6. The molecule has 0 bridgehead atoms. The molecule has 0 aromatic heterocycles. The first kappa shape index (κ1) is 41.5. The second-order valence-corrected chi connectivity index (χ2v) is 9.14. The molecule has 0 spiro atoms. The zero-order valence-corrected chi connectivity index (χ0v) is 21.6. The van der Waals surface area contributed by atoms with Gasteiger partial charge in [0.2, 0.25) is 0 Å². The summed E-state index contributed by atoms with van der Waals surface area (Å²) in [7, 11) is 0.726. The normalized spacial score (nSPS) is 15.9. The Balaban J connectivity index is 5.16. The van der Waals surface area contributed by atoms with Crippen molar-refractivity contribution < 1.29 is 102 Å². The van der Waals surface area contributed by atoms with Crippen molar-refractivity contribution >= 4 is 0 Å². The fourth-order valence-corrected chi connectivity index (χ4v) is 2.73. The van der Waals surface area contributed by atoms with Gasteiger partial charge in [0, 0.05) is 33.8 Å². The predicted molar refractivity (Wildman–Crippen MR) is 102 cm³/mol. The monoisotopic (exact) mass is 690 g/mol. The number of rotatable bonds is 19. The number of methoxy groups -OCH3 is 1. The highest BCUT2D eigenvalue weighted by atomic mass is 19.4. The average molecular weight is 690 g/mol. The SMILES string of the molecule is COC(COCCC(F)(F)C(F)(F)C(F)(F)C(F)(F)C(C)(F)F)COCCC(F)(F)C(F)(F)C(F)(F)C(F)(F)C(C)(F)F. The fourth-order valence-electron chi connectivity index (χ4n) is 2.73. The van der Waals surface area contributed by atoms with E-state index < -0.39 is 118 Å². The van der Waals surface area contributed by atoms with Crippen molar-refractivity contribution in [2.24, 2.45) is 0 Å². The molecular weight excluding hydrogens is 668 g/mol. The summed E-state index contributed by atoms with van der Waals surface area (Å²) in [6.07, 6.45) is -6.66. The molecular formula is C20H22F20O3. The van der Waals surface area contributed by atoms with E-state index in [-0.39, 0.29) is 0 Å². The van der Waals surface area contributed by atoms with E-state index in [1.54, 1.807) is 0 Å². The lowest BCUT2D eigenvalue weighted by Gasteiger charge is -2.38. The molecule has 0 aromatic rings. The minimum absolute atomic E-state index is 0.726. The van der Waals surface area contributed by atoms with Crippen LogP contribution in [0.25, 0.3) is 0 Å². The zero-order valence-electron chi connectivity index (χ0n) is 21.6. The first-order valence-corrected chi connectivity index (χ1v) is 11.1. The molecule has 3 nitrogen and oxygen atoms in total. The third kappa shape index (κ3) is 7.66. The third-order valence-electron chi connectivity index (χ3n) is 5.66. The van der Waals surface area contributed by atoms with E-state index >= 15 is 0 Å². The summed E-state index contributed by atoms with van der Waals surface area (Å²) < 4.78 is 279. The molecule has 0 fully saturated rings. The van der Waals surface area contributed by atoms with Crippen LogP contribution >= 0.6 is 0 Å². The molecule has 0 rings (SSSR count). The van der Waals surface area contributed by atoms with E-state index in [0.717, 1.165) is 7.11 Å². The number of alkyl halides is 20. The highest BCUT2D eigenvalue weighted by Gasteiger charge is 2.86. The van der Waals surface area contributed by atoms with Gasteiger partial charge >= 0.3 is 59.2 Å². The second-order valence-electron chi connectivity index (χ2n) is 9.14. The lowest BCUT2D eigenvalue weighted by atomic mass is 9.94. The largest absolute Gasteiger partial charge is 0.384 e. The van der Waals surface area contributed by atoms with Crippen LogP contribution in [-0.2, 0) is 14.2 Å². The number of hydrogen-bond acceptors (Lipinski definition) is 3. The van der Waals surface area contributed by atoms with Crippen LogP contribution in [0.2, 0.25) is 0 Å². The van der Waals surface area contributed by atoms with Gasteiger partial charge in [-0.1, -0.05) is 0 Å². The molecule has 0 heterocycles. The maximum atomic E-state index is 13.7. The molecule has 0 N–H and O–H groups in total. The minimum Gasteiger partial charge on any atom is -0.378 e. The molecule has 23 heteroatoms. The van der Waals surface area contributed by atoms with Crippen LogP contribution in [0.3, 0.4) is 0 Å². The lowest BCUT2D eigenvalue weighted by molar-refractivity contribution is -0.400. The number of hydrogen-bond donors (Lipinski definition) is 0. The zero-order chi connectivity index (χ0) is 34.9. The first-order valence-electron chi connectivity index (χ1n) is 11.1. The van der Waals surface area contributed by atoms with Gasteiger partial charge in [0.15, 0.2) is 0 Å². The van der Waals surface area contributed by atoms with Crippen molar-refractivity contribution in [3.05, 3.63) is 0 Å². The summed E-state index contributed by atoms with van der Waals surface area (Å²) >= 11 is 0. The molecule has 260 valence electrons. The minimum atomic E-state index is -7.29. The topological polar surface area (TPSA) is 27.7 Å². The van der Waals surface area contributed by atoms with Crippen LogP contribution in [0.5, 0.6) is 0 Å². The summed E-state index contributed by atoms with van der Waals surface area (Å²) in [4.78, 5) is 0. The van der Waals surface area contributed by atoms with E-state index in [9.17, 15) is 87.8 Å². The van der Waals surface area contributed by atoms with Crippen molar-refractivity contribution in [3.8, 4) is 0 Å². The van der Waals surface area contributed by atoms with Crippen LogP contribution < -0.4 is 0 Å². The Morgan fingerprint density at radius 3 is 0.884 bits per heavy atom. The first-order chi connectivity index (χ1) is 18.6. The number of ether oxygens (including phenoxy) is 3. The third-order valence-corrected chi connectivity index (χ3v) is 5.66. The Labute approximate surface area is 228 Å². The molecule has 0 unspecified atom stereocenters. The smallest absolute Gasteiger partial charge is 0.378 e. The van der Waals surface area contributed by atoms with Crippen LogP contribution in [0, 0.1) is 0 Å². The summed E-state index contributed by atoms with van der Waals surface area (Å²) in [5.41, 5.74) is 0. The fraction of sp³-hybridized carbons (Fsp3) is 1.00.